The number of benzene rings is 3. The first kappa shape index (κ1) is 63.2. The van der Waals surface area contributed by atoms with E-state index < -0.39 is 35.0 Å². The summed E-state index contributed by atoms with van der Waals surface area (Å²) >= 11 is 0. The molecule has 9 rings (SSSR count). The van der Waals surface area contributed by atoms with Crippen LogP contribution in [0, 0.1) is 5.41 Å². The Kier molecular flexibility index (Phi) is 19.0. The molecular weight excluding hydrogens is 1110 g/mol. The number of carbonyl (C=O) groups excluding carboxylic acids is 4. The maximum absolute atomic E-state index is 14.7. The van der Waals surface area contributed by atoms with Gasteiger partial charge in [-0.2, -0.15) is 0 Å². The van der Waals surface area contributed by atoms with Gasteiger partial charge in [-0.3, -0.25) is 19.4 Å². The monoisotopic (exact) mass is 1200 g/mol. The highest BCUT2D eigenvalue weighted by molar-refractivity contribution is 6.74. The summed E-state index contributed by atoms with van der Waals surface area (Å²) in [4.78, 5) is 69.3. The van der Waals surface area contributed by atoms with Crippen molar-refractivity contribution in [1.82, 2.24) is 14.7 Å². The van der Waals surface area contributed by atoms with E-state index >= 15 is 0 Å². The zero-order chi connectivity index (χ0) is 61.2. The first-order valence-electron chi connectivity index (χ1n) is 30.4. The molecule has 5 heterocycles. The van der Waals surface area contributed by atoms with Gasteiger partial charge in [0.25, 0.3) is 11.8 Å². The fourth-order valence-corrected chi connectivity index (χ4v) is 13.8. The Morgan fingerprint density at radius 1 is 0.706 bits per heavy atom. The fraction of sp³-hybridized carbons (Fsp3) is 0.569. The molecule has 20 heteroatoms. The minimum atomic E-state index is -2.54. The van der Waals surface area contributed by atoms with Gasteiger partial charge in [0, 0.05) is 69.9 Å². The van der Waals surface area contributed by atoms with Gasteiger partial charge >= 0.3 is 12.2 Å². The molecule has 3 fully saturated rings. The predicted molar refractivity (Wildman–Crippen MR) is 338 cm³/mol. The molecule has 0 bridgehead atoms. The van der Waals surface area contributed by atoms with E-state index in [9.17, 15) is 19.2 Å². The van der Waals surface area contributed by atoms with E-state index in [-0.39, 0.29) is 64.7 Å². The molecule has 1 aliphatic carbocycles. The zero-order valence-electron chi connectivity index (χ0n) is 52.5. The van der Waals surface area contributed by atoms with Gasteiger partial charge in [0.2, 0.25) is 0 Å². The lowest BCUT2D eigenvalue weighted by molar-refractivity contribution is 0.0528. The predicted octanol–water partition coefficient (Wildman–Crippen LogP) is 12.4. The van der Waals surface area contributed by atoms with E-state index in [1.807, 2.05) is 11.1 Å². The van der Waals surface area contributed by atoms with Gasteiger partial charge in [0.05, 0.1) is 68.6 Å². The smallest absolute Gasteiger partial charge is 0.416 e. The van der Waals surface area contributed by atoms with Gasteiger partial charge in [-0.05, 0) is 122 Å². The van der Waals surface area contributed by atoms with Crippen LogP contribution in [-0.4, -0.2) is 167 Å². The number of hydrogen-bond acceptors (Lipinski definition) is 14. The van der Waals surface area contributed by atoms with Crippen LogP contribution in [0.25, 0.3) is 5.57 Å². The number of anilines is 3. The van der Waals surface area contributed by atoms with Gasteiger partial charge in [-0.1, -0.05) is 79.0 Å². The normalized spacial score (nSPS) is 20.4. The first-order valence-corrected chi connectivity index (χ1v) is 36.2. The van der Waals surface area contributed by atoms with Crippen molar-refractivity contribution in [1.29, 1.82) is 0 Å². The third-order valence-corrected chi connectivity index (χ3v) is 27.9. The maximum Gasteiger partial charge on any atom is 0.416 e. The van der Waals surface area contributed by atoms with Crippen molar-refractivity contribution >= 4 is 63.3 Å². The number of ether oxygens (including phenoxy) is 6. The third kappa shape index (κ3) is 13.6. The van der Waals surface area contributed by atoms with E-state index in [1.54, 1.807) is 29.2 Å². The van der Waals surface area contributed by atoms with Gasteiger partial charge in [-0.25, -0.2) is 14.5 Å². The SMILES string of the molecule is C=CCOC(=O)N1C[C@@H]2CC(c3ccc(N4CCN(CCO[Si](C)(C)C(C)(C)C)CC4)cc3)=CN2C(=O)c2cc(OC)c(OCCCCCOc3cc4c(cc3OC)C(=O)N3CC5(CC5)C[C@H]3C(O[Si](C)(C)C(C)(C)C)N4C(=O)OCC=C)cc21. The average Bonchev–Trinajstić information content (AvgIpc) is 1.92. The second-order valence-corrected chi connectivity index (χ2v) is 36.3. The molecular formula is C65H92N6O12Si2. The van der Waals surface area contributed by atoms with Crippen molar-refractivity contribution in [3.8, 4) is 23.0 Å². The van der Waals surface area contributed by atoms with Crippen LogP contribution in [0.15, 0.2) is 80.0 Å². The van der Waals surface area contributed by atoms with Crippen LogP contribution >= 0.6 is 0 Å². The number of nitrogens with zero attached hydrogens (tertiary/aromatic N) is 6. The molecule has 1 unspecified atom stereocenters. The van der Waals surface area contributed by atoms with Crippen molar-refractivity contribution in [2.75, 3.05) is 108 Å². The summed E-state index contributed by atoms with van der Waals surface area (Å²) in [5, 5.41) is 0.00905. The van der Waals surface area contributed by atoms with Crippen LogP contribution in [0.5, 0.6) is 23.0 Å². The first-order chi connectivity index (χ1) is 40.3. The molecule has 2 saturated heterocycles. The molecule has 462 valence electrons. The van der Waals surface area contributed by atoms with Crippen LogP contribution in [0.1, 0.15) is 113 Å². The van der Waals surface area contributed by atoms with Crippen LogP contribution < -0.4 is 33.6 Å². The second-order valence-electron chi connectivity index (χ2n) is 26.7. The minimum absolute atomic E-state index is 0.00135. The summed E-state index contributed by atoms with van der Waals surface area (Å²) in [5.41, 5.74) is 4.54. The van der Waals surface area contributed by atoms with Gasteiger partial charge < -0.3 is 52.0 Å². The van der Waals surface area contributed by atoms with Crippen molar-refractivity contribution in [2.45, 2.75) is 141 Å². The molecule has 3 atom stereocenters. The molecule has 0 radical (unpaired) electrons. The van der Waals surface area contributed by atoms with E-state index in [0.717, 1.165) is 69.7 Å². The molecule has 0 aromatic heterocycles. The Hall–Kier alpha value is -6.33. The van der Waals surface area contributed by atoms with Crippen molar-refractivity contribution in [3.05, 3.63) is 96.7 Å². The lowest BCUT2D eigenvalue weighted by Crippen LogP contribution is -2.58. The van der Waals surface area contributed by atoms with Crippen molar-refractivity contribution in [3.63, 3.8) is 0 Å². The lowest BCUT2D eigenvalue weighted by Gasteiger charge is -2.44. The van der Waals surface area contributed by atoms with Gasteiger partial charge in [0.1, 0.15) is 13.2 Å². The number of hydrogen-bond donors (Lipinski definition) is 0. The summed E-state index contributed by atoms with van der Waals surface area (Å²) in [6.45, 7) is 36.7. The zero-order valence-corrected chi connectivity index (χ0v) is 54.5. The van der Waals surface area contributed by atoms with Crippen LogP contribution in [-0.2, 0) is 18.3 Å². The molecule has 0 N–H and O–H groups in total. The summed E-state index contributed by atoms with van der Waals surface area (Å²) in [6, 6.07) is 14.6. The molecule has 1 saturated carbocycles. The highest BCUT2D eigenvalue weighted by Crippen LogP contribution is 2.58. The molecule has 3 aromatic carbocycles. The quantitative estimate of drug-likeness (QED) is 0.0531. The summed E-state index contributed by atoms with van der Waals surface area (Å²) in [7, 11) is -1.25. The number of methoxy groups -OCH3 is 2. The van der Waals surface area contributed by atoms with Gasteiger partial charge in [0.15, 0.2) is 45.9 Å². The second kappa shape index (κ2) is 25.6. The number of rotatable bonds is 22. The Bertz CT molecular complexity index is 3000. The largest absolute Gasteiger partial charge is 0.493 e. The van der Waals surface area contributed by atoms with E-state index in [0.29, 0.717) is 85.4 Å². The number of amides is 4. The van der Waals surface area contributed by atoms with Crippen LogP contribution in [0.4, 0.5) is 26.7 Å². The third-order valence-electron chi connectivity index (χ3n) is 18.9. The van der Waals surface area contributed by atoms with Crippen LogP contribution in [0.3, 0.4) is 0 Å². The molecule has 18 nitrogen and oxygen atoms in total. The summed E-state index contributed by atoms with van der Waals surface area (Å²) < 4.78 is 49.6. The number of fused-ring (bicyclic) bond motifs is 4. The molecule has 1 spiro atoms. The number of piperazine rings is 1. The Balaban J connectivity index is 0.847. The lowest BCUT2D eigenvalue weighted by atomic mass is 10.0. The standard InChI is InChI=1S/C65H92N6O12Si2/c1-15-31-80-61(74)69-43-48-36-46(45-20-22-47(23-21-45)67-28-26-66(27-29-67)30-35-82-84(11,12)63(3,4)5)42-68(48)58(72)49-37-54(76-9)56(39-51(49)69)78-33-18-17-19-34-79-57-40-52-50(38-55(57)77-10)59(73)70-44-65(24-25-65)41-53(70)60(71(52)62(75)81-32-16-2)83-85(13,14)64(6,7)8/h15-16,20-23,37-40,42,48,53,60H,1-2,17-19,24-36,41,43-44H2,3-14H3/t48-,53-,60?/m0/s1. The topological polar surface area (TPSA) is 162 Å². The Labute approximate surface area is 506 Å². The highest BCUT2D eigenvalue weighted by Gasteiger charge is 2.60. The van der Waals surface area contributed by atoms with Crippen molar-refractivity contribution < 1.29 is 56.5 Å². The maximum atomic E-state index is 14.7. The molecule has 6 aliphatic rings. The van der Waals surface area contributed by atoms with E-state index in [2.05, 4.69) is 115 Å². The molecule has 5 aliphatic heterocycles. The van der Waals surface area contributed by atoms with Crippen molar-refractivity contribution in [2.24, 2.45) is 5.41 Å². The molecule has 85 heavy (non-hydrogen) atoms. The van der Waals surface area contributed by atoms with Crippen LogP contribution in [0.2, 0.25) is 36.3 Å². The Morgan fingerprint density at radius 2 is 1.28 bits per heavy atom. The van der Waals surface area contributed by atoms with E-state index in [1.165, 1.54) is 41.9 Å². The van der Waals surface area contributed by atoms with Gasteiger partial charge in [-0.15, -0.1) is 0 Å². The highest BCUT2D eigenvalue weighted by atomic mass is 28.4. The number of carbonyl (C=O) groups is 4. The number of unbranched alkanes of at least 4 members (excludes halogenated alkanes) is 2. The minimum Gasteiger partial charge on any atom is -0.493 e. The Morgan fingerprint density at radius 3 is 1.85 bits per heavy atom. The average molecular weight is 1210 g/mol. The summed E-state index contributed by atoms with van der Waals surface area (Å²) in [6.07, 6.45) is 8.22. The molecule has 3 aromatic rings. The molecule has 4 amide bonds. The fourth-order valence-electron chi connectivity index (χ4n) is 11.6. The van der Waals surface area contributed by atoms with E-state index in [4.69, 9.17) is 37.3 Å². The summed E-state index contributed by atoms with van der Waals surface area (Å²) in [5.74, 6) is 1.04.